The van der Waals surface area contributed by atoms with Crippen molar-refractivity contribution in [3.63, 3.8) is 0 Å². The Morgan fingerprint density at radius 3 is 2.36 bits per heavy atom. The molecule has 0 unspecified atom stereocenters. The lowest BCUT2D eigenvalue weighted by Gasteiger charge is -2.00. The molecule has 14 heavy (non-hydrogen) atoms. The monoisotopic (exact) mass is 220 g/mol. The summed E-state index contributed by atoms with van der Waals surface area (Å²) in [5.74, 6) is 0. The standard InChI is InChI=1S/C8H13FN2O2S/c1-4-5-11-7(3)8(6(2)10-11)14(9,12)13/h4-5H2,1-3H3. The maximum absolute atomic E-state index is 12.8. The first-order chi connectivity index (χ1) is 6.38. The van der Waals surface area contributed by atoms with E-state index in [9.17, 15) is 12.3 Å². The van der Waals surface area contributed by atoms with E-state index in [0.717, 1.165) is 6.42 Å². The van der Waals surface area contributed by atoms with Crippen LogP contribution in [0.1, 0.15) is 24.7 Å². The molecule has 1 heterocycles. The summed E-state index contributed by atoms with van der Waals surface area (Å²) in [5, 5.41) is 3.96. The third-order valence-corrected chi connectivity index (χ3v) is 3.07. The Bertz CT molecular complexity index is 436. The summed E-state index contributed by atoms with van der Waals surface area (Å²) in [4.78, 5) is -0.286. The van der Waals surface area contributed by atoms with Crippen molar-refractivity contribution in [2.24, 2.45) is 0 Å². The summed E-state index contributed by atoms with van der Waals surface area (Å²) in [7, 11) is -4.64. The van der Waals surface area contributed by atoms with Crippen LogP contribution in [-0.2, 0) is 16.8 Å². The zero-order valence-electron chi connectivity index (χ0n) is 8.41. The molecule has 6 heteroatoms. The van der Waals surface area contributed by atoms with E-state index >= 15 is 0 Å². The summed E-state index contributed by atoms with van der Waals surface area (Å²) >= 11 is 0. The molecule has 0 spiro atoms. The van der Waals surface area contributed by atoms with Crippen LogP contribution in [0.2, 0.25) is 0 Å². The average Bonchev–Trinajstić information content (AvgIpc) is 2.26. The van der Waals surface area contributed by atoms with Gasteiger partial charge in [-0.05, 0) is 20.3 Å². The molecule has 0 aliphatic heterocycles. The average molecular weight is 220 g/mol. The number of aromatic nitrogens is 2. The molecule has 0 aliphatic rings. The first-order valence-electron chi connectivity index (χ1n) is 4.36. The first kappa shape index (κ1) is 11.2. The van der Waals surface area contributed by atoms with Gasteiger partial charge in [0.1, 0.15) is 4.90 Å². The quantitative estimate of drug-likeness (QED) is 0.726. The summed E-state index contributed by atoms with van der Waals surface area (Å²) in [6.45, 7) is 5.59. The number of nitrogens with zero attached hydrogens (tertiary/aromatic N) is 2. The largest absolute Gasteiger partial charge is 0.335 e. The lowest BCUT2D eigenvalue weighted by molar-refractivity contribution is 0.548. The number of aryl methyl sites for hydroxylation is 2. The Labute approximate surface area is 82.9 Å². The van der Waals surface area contributed by atoms with Crippen molar-refractivity contribution < 1.29 is 12.3 Å². The fraction of sp³-hybridized carbons (Fsp3) is 0.625. The van der Waals surface area contributed by atoms with E-state index < -0.39 is 10.2 Å². The van der Waals surface area contributed by atoms with Gasteiger partial charge in [0.05, 0.1) is 11.4 Å². The summed E-state index contributed by atoms with van der Waals surface area (Å²) < 4.78 is 35.9. The van der Waals surface area contributed by atoms with Gasteiger partial charge in [-0.15, -0.1) is 3.89 Å². The third kappa shape index (κ3) is 1.95. The zero-order chi connectivity index (χ0) is 10.9. The van der Waals surface area contributed by atoms with Crippen molar-refractivity contribution in [2.45, 2.75) is 38.6 Å². The molecule has 80 valence electrons. The minimum atomic E-state index is -4.64. The molecule has 0 radical (unpaired) electrons. The summed E-state index contributed by atoms with van der Waals surface area (Å²) in [5.41, 5.74) is 0.588. The molecule has 0 aromatic carbocycles. The van der Waals surface area contributed by atoms with Gasteiger partial charge in [-0.1, -0.05) is 6.92 Å². The predicted molar refractivity (Wildman–Crippen MR) is 50.3 cm³/mol. The minimum absolute atomic E-state index is 0.221. The van der Waals surface area contributed by atoms with Crippen molar-refractivity contribution >= 4 is 10.2 Å². The maximum Gasteiger partial charge on any atom is 0.335 e. The fourth-order valence-corrected chi connectivity index (χ4v) is 2.31. The van der Waals surface area contributed by atoms with Crippen LogP contribution >= 0.6 is 0 Å². The maximum atomic E-state index is 12.8. The van der Waals surface area contributed by atoms with Crippen LogP contribution in [0.4, 0.5) is 3.89 Å². The molecular weight excluding hydrogens is 207 g/mol. The predicted octanol–water partition coefficient (Wildman–Crippen LogP) is 1.57. The zero-order valence-corrected chi connectivity index (χ0v) is 9.23. The highest BCUT2D eigenvalue weighted by molar-refractivity contribution is 7.86. The highest BCUT2D eigenvalue weighted by atomic mass is 32.3. The van der Waals surface area contributed by atoms with Crippen LogP contribution in [0.25, 0.3) is 0 Å². The van der Waals surface area contributed by atoms with Gasteiger partial charge in [-0.3, -0.25) is 4.68 Å². The van der Waals surface area contributed by atoms with Gasteiger partial charge in [-0.25, -0.2) is 0 Å². The molecule has 0 saturated carbocycles. The van der Waals surface area contributed by atoms with Crippen LogP contribution in [0.3, 0.4) is 0 Å². The Morgan fingerprint density at radius 2 is 2.00 bits per heavy atom. The molecule has 0 atom stereocenters. The van der Waals surface area contributed by atoms with Gasteiger partial charge < -0.3 is 0 Å². The van der Waals surface area contributed by atoms with Crippen molar-refractivity contribution in [3.8, 4) is 0 Å². The Kier molecular flexibility index (Phi) is 2.94. The van der Waals surface area contributed by atoms with Crippen LogP contribution in [0.5, 0.6) is 0 Å². The van der Waals surface area contributed by atoms with Crippen LogP contribution in [0, 0.1) is 13.8 Å². The van der Waals surface area contributed by atoms with Crippen molar-refractivity contribution in [2.75, 3.05) is 0 Å². The van der Waals surface area contributed by atoms with E-state index in [2.05, 4.69) is 5.10 Å². The van der Waals surface area contributed by atoms with Gasteiger partial charge in [0.2, 0.25) is 0 Å². The normalized spacial score (nSPS) is 12.0. The molecule has 1 aromatic rings. The van der Waals surface area contributed by atoms with E-state index in [4.69, 9.17) is 0 Å². The van der Waals surface area contributed by atoms with E-state index in [-0.39, 0.29) is 10.6 Å². The minimum Gasteiger partial charge on any atom is -0.268 e. The Hall–Kier alpha value is -0.910. The van der Waals surface area contributed by atoms with Crippen LogP contribution in [-0.4, -0.2) is 18.2 Å². The number of hydrogen-bond acceptors (Lipinski definition) is 3. The number of hydrogen-bond donors (Lipinski definition) is 0. The van der Waals surface area contributed by atoms with Crippen LogP contribution in [0.15, 0.2) is 4.90 Å². The molecule has 0 fully saturated rings. The van der Waals surface area contributed by atoms with E-state index in [1.54, 1.807) is 6.92 Å². The lowest BCUT2D eigenvalue weighted by atomic mass is 10.4. The van der Waals surface area contributed by atoms with Crippen molar-refractivity contribution in [1.29, 1.82) is 0 Å². The molecule has 1 rings (SSSR count). The highest BCUT2D eigenvalue weighted by Gasteiger charge is 2.23. The molecule has 0 bridgehead atoms. The lowest BCUT2D eigenvalue weighted by Crippen LogP contribution is -2.02. The third-order valence-electron chi connectivity index (χ3n) is 1.99. The first-order valence-corrected chi connectivity index (χ1v) is 5.75. The van der Waals surface area contributed by atoms with Gasteiger partial charge in [-0.2, -0.15) is 13.5 Å². The van der Waals surface area contributed by atoms with E-state index in [1.807, 2.05) is 6.92 Å². The molecule has 0 amide bonds. The Balaban J connectivity index is 3.32. The van der Waals surface area contributed by atoms with Gasteiger partial charge in [0, 0.05) is 6.54 Å². The highest BCUT2D eigenvalue weighted by Crippen LogP contribution is 2.21. The second-order valence-corrected chi connectivity index (χ2v) is 4.44. The van der Waals surface area contributed by atoms with Crippen molar-refractivity contribution in [1.82, 2.24) is 9.78 Å². The van der Waals surface area contributed by atoms with Crippen molar-refractivity contribution in [3.05, 3.63) is 11.4 Å². The van der Waals surface area contributed by atoms with E-state index in [1.165, 1.54) is 11.6 Å². The smallest absolute Gasteiger partial charge is 0.268 e. The summed E-state index contributed by atoms with van der Waals surface area (Å²) in [6.07, 6.45) is 0.827. The van der Waals surface area contributed by atoms with Gasteiger partial charge in [0.25, 0.3) is 0 Å². The summed E-state index contributed by atoms with van der Waals surface area (Å²) in [6, 6.07) is 0. The Morgan fingerprint density at radius 1 is 1.43 bits per heavy atom. The topological polar surface area (TPSA) is 52.0 Å². The molecule has 0 aliphatic carbocycles. The second-order valence-electron chi connectivity index (χ2n) is 3.16. The number of halogens is 1. The number of rotatable bonds is 3. The van der Waals surface area contributed by atoms with Gasteiger partial charge >= 0.3 is 10.2 Å². The fourth-order valence-electron chi connectivity index (χ4n) is 1.46. The SMILES string of the molecule is CCCn1nc(C)c(S(=O)(=O)F)c1C. The van der Waals surface area contributed by atoms with Gasteiger partial charge in [0.15, 0.2) is 0 Å². The molecule has 0 saturated heterocycles. The molecule has 0 N–H and O–H groups in total. The molecule has 4 nitrogen and oxygen atoms in total. The second kappa shape index (κ2) is 3.68. The van der Waals surface area contributed by atoms with E-state index in [0.29, 0.717) is 12.2 Å². The van der Waals surface area contributed by atoms with Crippen LogP contribution < -0.4 is 0 Å². The molecular formula is C8H13FN2O2S. The molecule has 1 aromatic heterocycles.